The summed E-state index contributed by atoms with van der Waals surface area (Å²) in [6, 6.07) is 25.1. The van der Waals surface area contributed by atoms with Crippen LogP contribution in [0.1, 0.15) is 27.5 Å². The number of nitrogens with one attached hydrogen (secondary N) is 1. The molecule has 4 aromatic rings. The Hall–Kier alpha value is -4.39. The van der Waals surface area contributed by atoms with Crippen LogP contribution in [-0.4, -0.2) is 47.4 Å². The Morgan fingerprint density at radius 1 is 0.943 bits per heavy atom. The van der Waals surface area contributed by atoms with E-state index in [1.165, 1.54) is 7.11 Å². The Bertz CT molecular complexity index is 1440. The molecule has 0 spiro atoms. The van der Waals surface area contributed by atoms with Gasteiger partial charge in [0.2, 0.25) is 5.91 Å². The topological polar surface area (TPSA) is 80.6 Å². The van der Waals surface area contributed by atoms with Crippen molar-refractivity contribution in [3.63, 3.8) is 0 Å². The molecule has 1 aromatic heterocycles. The highest BCUT2D eigenvalue weighted by Crippen LogP contribution is 2.46. The van der Waals surface area contributed by atoms with Crippen LogP contribution < -0.4 is 5.32 Å². The van der Waals surface area contributed by atoms with Crippen LogP contribution in [0.5, 0.6) is 0 Å². The number of para-hydroxylation sites is 1. The van der Waals surface area contributed by atoms with E-state index in [4.69, 9.17) is 0 Å². The highest BCUT2D eigenvalue weighted by molar-refractivity contribution is 6.04. The standard InChI is InChI=1S/C28H25N3O4/c1-30-22-15-9-8-14-21(22)25(26(30)18-10-4-3-5-11-18)27-19-12-6-7-13-20(19)28(34)31(27)17-23(32)29-16-24(33)35-2/h3-15,27H,16-17H2,1-2H3,(H,29,32)/t27-/m0/s1. The monoisotopic (exact) mass is 467 g/mol. The fourth-order valence-electron chi connectivity index (χ4n) is 4.94. The van der Waals surface area contributed by atoms with Crippen molar-refractivity contribution in [1.29, 1.82) is 0 Å². The molecule has 1 aliphatic rings. The molecule has 0 radical (unpaired) electrons. The molecule has 1 aliphatic heterocycles. The number of esters is 1. The number of fused-ring (bicyclic) bond motifs is 2. The Morgan fingerprint density at radius 3 is 2.40 bits per heavy atom. The number of hydrogen-bond donors (Lipinski definition) is 1. The zero-order valence-corrected chi connectivity index (χ0v) is 19.5. The maximum absolute atomic E-state index is 13.5. The summed E-state index contributed by atoms with van der Waals surface area (Å²) in [5, 5.41) is 3.57. The fourth-order valence-corrected chi connectivity index (χ4v) is 4.94. The highest BCUT2D eigenvalue weighted by Gasteiger charge is 2.41. The van der Waals surface area contributed by atoms with Crippen LogP contribution in [0.4, 0.5) is 0 Å². The van der Waals surface area contributed by atoms with E-state index in [2.05, 4.69) is 26.8 Å². The minimum absolute atomic E-state index is 0.188. The van der Waals surface area contributed by atoms with Crippen molar-refractivity contribution in [2.24, 2.45) is 7.05 Å². The van der Waals surface area contributed by atoms with E-state index in [1.807, 2.05) is 67.7 Å². The van der Waals surface area contributed by atoms with Crippen LogP contribution in [0.3, 0.4) is 0 Å². The molecule has 0 unspecified atom stereocenters. The largest absolute Gasteiger partial charge is 0.468 e. The molecule has 35 heavy (non-hydrogen) atoms. The van der Waals surface area contributed by atoms with Gasteiger partial charge in [0.05, 0.1) is 18.8 Å². The first-order valence-corrected chi connectivity index (χ1v) is 11.4. The first-order valence-electron chi connectivity index (χ1n) is 11.4. The molecule has 5 rings (SSSR count). The zero-order chi connectivity index (χ0) is 24.5. The maximum atomic E-state index is 13.5. The average Bonchev–Trinajstić information content (AvgIpc) is 3.33. The molecule has 0 fully saturated rings. The van der Waals surface area contributed by atoms with E-state index in [0.717, 1.165) is 33.3 Å². The van der Waals surface area contributed by atoms with Crippen molar-refractivity contribution in [2.45, 2.75) is 6.04 Å². The number of ether oxygens (including phenoxy) is 1. The first-order chi connectivity index (χ1) is 17.0. The zero-order valence-electron chi connectivity index (χ0n) is 19.5. The van der Waals surface area contributed by atoms with E-state index in [9.17, 15) is 14.4 Å². The number of hydrogen-bond acceptors (Lipinski definition) is 4. The number of benzene rings is 3. The number of nitrogens with zero attached hydrogens (tertiary/aromatic N) is 2. The summed E-state index contributed by atoms with van der Waals surface area (Å²) < 4.78 is 6.75. The van der Waals surface area contributed by atoms with E-state index in [0.29, 0.717) is 5.56 Å². The molecule has 1 atom stereocenters. The molecule has 0 saturated carbocycles. The Balaban J connectivity index is 1.68. The molecule has 2 amide bonds. The maximum Gasteiger partial charge on any atom is 0.325 e. The van der Waals surface area contributed by atoms with E-state index in [-0.39, 0.29) is 19.0 Å². The summed E-state index contributed by atoms with van der Waals surface area (Å²) in [6.45, 7) is -0.439. The summed E-state index contributed by atoms with van der Waals surface area (Å²) in [5.74, 6) is -1.19. The summed E-state index contributed by atoms with van der Waals surface area (Å²) in [5.41, 5.74) is 5.44. The Labute approximate surface area is 202 Å². The Morgan fingerprint density at radius 2 is 1.63 bits per heavy atom. The van der Waals surface area contributed by atoms with Gasteiger partial charge in [0, 0.05) is 29.1 Å². The van der Waals surface area contributed by atoms with Gasteiger partial charge in [-0.2, -0.15) is 0 Å². The number of methoxy groups -OCH3 is 1. The van der Waals surface area contributed by atoms with Gasteiger partial charge in [-0.05, 0) is 23.3 Å². The van der Waals surface area contributed by atoms with Gasteiger partial charge in [-0.15, -0.1) is 0 Å². The molecule has 0 saturated heterocycles. The number of carbonyl (C=O) groups excluding carboxylic acids is 3. The smallest absolute Gasteiger partial charge is 0.325 e. The van der Waals surface area contributed by atoms with Crippen LogP contribution >= 0.6 is 0 Å². The van der Waals surface area contributed by atoms with Crippen LogP contribution in [-0.2, 0) is 21.4 Å². The highest BCUT2D eigenvalue weighted by atomic mass is 16.5. The lowest BCUT2D eigenvalue weighted by Gasteiger charge is -2.26. The number of amides is 2. The van der Waals surface area contributed by atoms with Gasteiger partial charge in [-0.1, -0.05) is 66.7 Å². The molecule has 7 nitrogen and oxygen atoms in total. The van der Waals surface area contributed by atoms with E-state index >= 15 is 0 Å². The van der Waals surface area contributed by atoms with Crippen molar-refractivity contribution in [3.05, 3.63) is 95.6 Å². The van der Waals surface area contributed by atoms with Crippen molar-refractivity contribution in [3.8, 4) is 11.3 Å². The van der Waals surface area contributed by atoms with Gasteiger partial charge in [0.25, 0.3) is 5.91 Å². The second kappa shape index (κ2) is 9.10. The second-order valence-corrected chi connectivity index (χ2v) is 8.48. The van der Waals surface area contributed by atoms with Gasteiger partial charge >= 0.3 is 5.97 Å². The predicted octanol–water partition coefficient (Wildman–Crippen LogP) is 3.68. The normalized spacial score (nSPS) is 14.7. The summed E-state index contributed by atoms with van der Waals surface area (Å²) in [4.78, 5) is 39.4. The molecule has 7 heteroatoms. The molecule has 2 heterocycles. The van der Waals surface area contributed by atoms with Gasteiger partial charge < -0.3 is 19.5 Å². The van der Waals surface area contributed by atoms with Crippen molar-refractivity contribution in [2.75, 3.05) is 20.2 Å². The lowest BCUT2D eigenvalue weighted by molar-refractivity contribution is -0.141. The quantitative estimate of drug-likeness (QED) is 0.439. The molecular weight excluding hydrogens is 442 g/mol. The third-order valence-electron chi connectivity index (χ3n) is 6.50. The van der Waals surface area contributed by atoms with Crippen LogP contribution in [0, 0.1) is 0 Å². The Kier molecular flexibility index (Phi) is 5.82. The van der Waals surface area contributed by atoms with Gasteiger partial charge in [-0.3, -0.25) is 14.4 Å². The van der Waals surface area contributed by atoms with Crippen LogP contribution in [0.25, 0.3) is 22.2 Å². The predicted molar refractivity (Wildman–Crippen MR) is 133 cm³/mol. The summed E-state index contributed by atoms with van der Waals surface area (Å²) in [7, 11) is 3.28. The molecule has 176 valence electrons. The SMILES string of the molecule is COC(=O)CNC(=O)CN1C(=O)c2ccccc2[C@H]1c1c(-c2ccccc2)n(C)c2ccccc12. The lowest BCUT2D eigenvalue weighted by atomic mass is 9.93. The van der Waals surface area contributed by atoms with Crippen LogP contribution in [0.15, 0.2) is 78.9 Å². The van der Waals surface area contributed by atoms with Crippen molar-refractivity contribution < 1.29 is 19.1 Å². The average molecular weight is 468 g/mol. The molecule has 0 aliphatic carbocycles. The molecular formula is C28H25N3O4. The third-order valence-corrected chi connectivity index (χ3v) is 6.50. The van der Waals surface area contributed by atoms with Crippen molar-refractivity contribution in [1.82, 2.24) is 14.8 Å². The minimum atomic E-state index is -0.550. The van der Waals surface area contributed by atoms with E-state index in [1.54, 1.807) is 11.0 Å². The van der Waals surface area contributed by atoms with Crippen molar-refractivity contribution >= 4 is 28.7 Å². The molecule has 3 aromatic carbocycles. The first kappa shape index (κ1) is 22.4. The molecule has 1 N–H and O–H groups in total. The van der Waals surface area contributed by atoms with Gasteiger partial charge in [0.15, 0.2) is 0 Å². The number of carbonyl (C=O) groups is 3. The summed E-state index contributed by atoms with van der Waals surface area (Å²) in [6.07, 6.45) is 0. The van der Waals surface area contributed by atoms with Gasteiger partial charge in [-0.25, -0.2) is 0 Å². The second-order valence-electron chi connectivity index (χ2n) is 8.48. The number of aromatic nitrogens is 1. The minimum Gasteiger partial charge on any atom is -0.468 e. The lowest BCUT2D eigenvalue weighted by Crippen LogP contribution is -2.41. The van der Waals surface area contributed by atoms with E-state index < -0.39 is 17.9 Å². The fraction of sp³-hybridized carbons (Fsp3) is 0.179. The number of rotatable bonds is 6. The van der Waals surface area contributed by atoms with Crippen LogP contribution in [0.2, 0.25) is 0 Å². The summed E-state index contributed by atoms with van der Waals surface area (Å²) >= 11 is 0. The molecule has 0 bridgehead atoms. The third kappa shape index (κ3) is 3.85. The van der Waals surface area contributed by atoms with Gasteiger partial charge in [0.1, 0.15) is 13.1 Å². The number of aryl methyl sites for hydroxylation is 1.